The number of rotatable bonds is 2. The molecule has 0 bridgehead atoms. The van der Waals surface area contributed by atoms with Gasteiger partial charge in [0.1, 0.15) is 12.0 Å². The first-order valence-corrected chi connectivity index (χ1v) is 5.71. The number of aromatic nitrogens is 1. The van der Waals surface area contributed by atoms with E-state index in [9.17, 15) is 4.79 Å². The maximum Gasteiger partial charge on any atom is 0.255 e. The Morgan fingerprint density at radius 2 is 2.50 bits per heavy atom. The molecule has 0 aliphatic heterocycles. The summed E-state index contributed by atoms with van der Waals surface area (Å²) in [5.74, 6) is 0.941. The Hall–Kier alpha value is -0.770. The molecule has 1 aromatic heterocycles. The zero-order valence-corrected chi connectivity index (χ0v) is 8.92. The van der Waals surface area contributed by atoms with Crippen molar-refractivity contribution in [2.24, 2.45) is 5.92 Å². The summed E-state index contributed by atoms with van der Waals surface area (Å²) in [6, 6.07) is 0. The maximum absolute atomic E-state index is 11.3. The van der Waals surface area contributed by atoms with Crippen molar-refractivity contribution in [1.82, 2.24) is 4.98 Å². The number of ketones is 1. The number of oxazole rings is 1. The van der Waals surface area contributed by atoms with Crippen LogP contribution in [0.1, 0.15) is 26.2 Å². The summed E-state index contributed by atoms with van der Waals surface area (Å²) in [7, 11) is 0. The van der Waals surface area contributed by atoms with Crippen LogP contribution in [0.2, 0.25) is 0 Å². The largest absolute Gasteiger partial charge is 0.440 e. The minimum atomic E-state index is 0.342. The minimum absolute atomic E-state index is 0.342. The molecular formula is C10H13NO2S. The van der Waals surface area contributed by atoms with Gasteiger partial charge in [0, 0.05) is 18.1 Å². The molecule has 0 spiro atoms. The third-order valence-corrected chi connectivity index (χ3v) is 3.94. The molecule has 4 heteroatoms. The van der Waals surface area contributed by atoms with Crippen LogP contribution in [0, 0.1) is 5.92 Å². The van der Waals surface area contributed by atoms with Gasteiger partial charge >= 0.3 is 0 Å². The second kappa shape index (κ2) is 4.17. The summed E-state index contributed by atoms with van der Waals surface area (Å²) in [4.78, 5) is 15.3. The molecular weight excluding hydrogens is 198 g/mol. The van der Waals surface area contributed by atoms with Crippen molar-refractivity contribution < 1.29 is 9.21 Å². The minimum Gasteiger partial charge on any atom is -0.440 e. The summed E-state index contributed by atoms with van der Waals surface area (Å²) in [5, 5.41) is 1.02. The fourth-order valence-corrected chi connectivity index (χ4v) is 2.79. The molecule has 1 aromatic rings. The van der Waals surface area contributed by atoms with Gasteiger partial charge in [0.2, 0.25) is 0 Å². The SMILES string of the molecule is CC1CCC(=O)CC1Sc1ncco1. The predicted octanol–water partition coefficient (Wildman–Crippen LogP) is 2.52. The Kier molecular flexibility index (Phi) is 2.91. The Balaban J connectivity index is 1.99. The van der Waals surface area contributed by atoms with Gasteiger partial charge in [0.25, 0.3) is 5.22 Å². The molecule has 76 valence electrons. The molecule has 1 aliphatic carbocycles. The Morgan fingerprint density at radius 1 is 1.64 bits per heavy atom. The summed E-state index contributed by atoms with van der Waals surface area (Å²) in [6.07, 6.45) is 5.60. The molecule has 3 nitrogen and oxygen atoms in total. The van der Waals surface area contributed by atoms with Crippen molar-refractivity contribution in [2.45, 2.75) is 36.7 Å². The first kappa shape index (κ1) is 9.77. The highest BCUT2D eigenvalue weighted by molar-refractivity contribution is 7.99. The zero-order valence-electron chi connectivity index (χ0n) is 8.10. The van der Waals surface area contributed by atoms with Gasteiger partial charge in [-0.15, -0.1) is 0 Å². The van der Waals surface area contributed by atoms with E-state index >= 15 is 0 Å². The average Bonchev–Trinajstić information content (AvgIpc) is 2.64. The van der Waals surface area contributed by atoms with Crippen LogP contribution in [-0.2, 0) is 4.79 Å². The molecule has 0 N–H and O–H groups in total. The Morgan fingerprint density at radius 3 is 3.21 bits per heavy atom. The van der Waals surface area contributed by atoms with Gasteiger partial charge in [0.05, 0.1) is 6.20 Å². The van der Waals surface area contributed by atoms with Crippen LogP contribution in [0.3, 0.4) is 0 Å². The summed E-state index contributed by atoms with van der Waals surface area (Å²) >= 11 is 1.58. The molecule has 0 aromatic carbocycles. The van der Waals surface area contributed by atoms with Crippen molar-refractivity contribution in [3.05, 3.63) is 12.5 Å². The van der Waals surface area contributed by atoms with Gasteiger partial charge in [0.15, 0.2) is 0 Å². The highest BCUT2D eigenvalue weighted by Gasteiger charge is 2.27. The van der Waals surface area contributed by atoms with E-state index in [4.69, 9.17) is 4.42 Å². The monoisotopic (exact) mass is 211 g/mol. The maximum atomic E-state index is 11.3. The number of carbonyl (C=O) groups excluding carboxylic acids is 1. The second-order valence-electron chi connectivity index (χ2n) is 3.71. The predicted molar refractivity (Wildman–Crippen MR) is 54.2 cm³/mol. The smallest absolute Gasteiger partial charge is 0.255 e. The molecule has 1 fully saturated rings. The molecule has 2 rings (SSSR count). The Bertz CT molecular complexity index is 310. The van der Waals surface area contributed by atoms with Crippen LogP contribution >= 0.6 is 11.8 Å². The lowest BCUT2D eigenvalue weighted by Gasteiger charge is -2.25. The van der Waals surface area contributed by atoms with E-state index < -0.39 is 0 Å². The van der Waals surface area contributed by atoms with E-state index in [1.807, 2.05) is 0 Å². The van der Waals surface area contributed by atoms with E-state index in [1.165, 1.54) is 0 Å². The van der Waals surface area contributed by atoms with Crippen molar-refractivity contribution in [2.75, 3.05) is 0 Å². The van der Waals surface area contributed by atoms with Crippen molar-refractivity contribution >= 4 is 17.5 Å². The van der Waals surface area contributed by atoms with Crippen LogP contribution in [-0.4, -0.2) is 16.0 Å². The molecule has 0 amide bonds. The summed E-state index contributed by atoms with van der Waals surface area (Å²) in [6.45, 7) is 2.19. The number of Topliss-reactive ketones (excluding diaryl/α,β-unsaturated/α-hetero) is 1. The van der Waals surface area contributed by atoms with E-state index in [2.05, 4.69) is 11.9 Å². The molecule has 0 radical (unpaired) electrons. The lowest BCUT2D eigenvalue weighted by atomic mass is 9.89. The van der Waals surface area contributed by atoms with Crippen LogP contribution in [0.5, 0.6) is 0 Å². The zero-order chi connectivity index (χ0) is 9.97. The molecule has 14 heavy (non-hydrogen) atoms. The highest BCUT2D eigenvalue weighted by Crippen LogP contribution is 2.35. The van der Waals surface area contributed by atoms with Crippen molar-refractivity contribution in [1.29, 1.82) is 0 Å². The lowest BCUT2D eigenvalue weighted by molar-refractivity contribution is -0.120. The number of nitrogens with zero attached hydrogens (tertiary/aromatic N) is 1. The second-order valence-corrected chi connectivity index (χ2v) is 4.90. The molecule has 2 unspecified atom stereocenters. The third kappa shape index (κ3) is 2.18. The third-order valence-electron chi connectivity index (χ3n) is 2.60. The first-order valence-electron chi connectivity index (χ1n) is 4.83. The number of hydrogen-bond donors (Lipinski definition) is 0. The van der Waals surface area contributed by atoms with Crippen LogP contribution < -0.4 is 0 Å². The van der Waals surface area contributed by atoms with Crippen molar-refractivity contribution in [3.8, 4) is 0 Å². The van der Waals surface area contributed by atoms with Gasteiger partial charge in [-0.2, -0.15) is 0 Å². The van der Waals surface area contributed by atoms with E-state index in [0.717, 1.165) is 12.8 Å². The number of carbonyl (C=O) groups is 1. The number of hydrogen-bond acceptors (Lipinski definition) is 4. The van der Waals surface area contributed by atoms with Gasteiger partial charge in [-0.05, 0) is 12.3 Å². The van der Waals surface area contributed by atoms with Gasteiger partial charge in [-0.25, -0.2) is 4.98 Å². The van der Waals surface area contributed by atoms with Crippen LogP contribution in [0.25, 0.3) is 0 Å². The first-order chi connectivity index (χ1) is 6.75. The van der Waals surface area contributed by atoms with E-state index in [0.29, 0.717) is 28.6 Å². The number of thioether (sulfide) groups is 1. The van der Waals surface area contributed by atoms with E-state index in [1.54, 1.807) is 24.2 Å². The summed E-state index contributed by atoms with van der Waals surface area (Å²) < 4.78 is 5.16. The van der Waals surface area contributed by atoms with Gasteiger partial charge in [-0.3, -0.25) is 4.79 Å². The summed E-state index contributed by atoms with van der Waals surface area (Å²) in [5.41, 5.74) is 0. The lowest BCUT2D eigenvalue weighted by Crippen LogP contribution is -2.25. The standard InChI is InChI=1S/C10H13NO2S/c1-7-2-3-8(12)6-9(7)14-10-11-4-5-13-10/h4-5,7,9H,2-3,6H2,1H3. The topological polar surface area (TPSA) is 43.1 Å². The molecule has 1 heterocycles. The Labute approximate surface area is 87.3 Å². The molecule has 0 saturated heterocycles. The average molecular weight is 211 g/mol. The molecule has 1 aliphatic rings. The van der Waals surface area contributed by atoms with Crippen LogP contribution in [0.4, 0.5) is 0 Å². The molecule has 2 atom stereocenters. The highest BCUT2D eigenvalue weighted by atomic mass is 32.2. The quantitative estimate of drug-likeness (QED) is 0.754. The fourth-order valence-electron chi connectivity index (χ4n) is 1.66. The van der Waals surface area contributed by atoms with Gasteiger partial charge in [-0.1, -0.05) is 18.7 Å². The van der Waals surface area contributed by atoms with Crippen molar-refractivity contribution in [3.63, 3.8) is 0 Å². The van der Waals surface area contributed by atoms with Crippen LogP contribution in [0.15, 0.2) is 22.1 Å². The van der Waals surface area contributed by atoms with E-state index in [-0.39, 0.29) is 0 Å². The molecule has 1 saturated carbocycles. The fraction of sp³-hybridized carbons (Fsp3) is 0.600. The van der Waals surface area contributed by atoms with Gasteiger partial charge < -0.3 is 4.42 Å². The normalized spacial score (nSPS) is 27.9.